The number of hydrogen-bond acceptors (Lipinski definition) is 6. The molecule has 0 atom stereocenters. The SMILES string of the molecule is COCCNc1cc(Nc2ccc(N(C)C)cc2)ncn1. The Hall–Kier alpha value is -2.34. The van der Waals surface area contributed by atoms with E-state index in [0.29, 0.717) is 13.2 Å². The standard InChI is InChI=1S/C15H21N5O/c1-20(2)13-6-4-12(5-7-13)19-15-10-14(17-11-18-15)16-8-9-21-3/h4-7,10-11H,8-9H2,1-3H3,(H2,16,17,18,19). The van der Waals surface area contributed by atoms with E-state index in [9.17, 15) is 0 Å². The van der Waals surface area contributed by atoms with Gasteiger partial charge in [0.2, 0.25) is 0 Å². The van der Waals surface area contributed by atoms with Crippen molar-refractivity contribution in [2.24, 2.45) is 0 Å². The molecule has 21 heavy (non-hydrogen) atoms. The average Bonchev–Trinajstić information content (AvgIpc) is 2.48. The van der Waals surface area contributed by atoms with Crippen LogP contribution in [-0.2, 0) is 4.74 Å². The number of nitrogens with zero attached hydrogens (tertiary/aromatic N) is 3. The van der Waals surface area contributed by atoms with Crippen LogP contribution in [0.25, 0.3) is 0 Å². The zero-order valence-corrected chi connectivity index (χ0v) is 12.6. The molecule has 1 aromatic heterocycles. The van der Waals surface area contributed by atoms with E-state index >= 15 is 0 Å². The van der Waals surface area contributed by atoms with Crippen molar-refractivity contribution in [1.29, 1.82) is 0 Å². The van der Waals surface area contributed by atoms with Crippen LogP contribution in [0.1, 0.15) is 0 Å². The first-order valence-corrected chi connectivity index (χ1v) is 6.78. The highest BCUT2D eigenvalue weighted by atomic mass is 16.5. The summed E-state index contributed by atoms with van der Waals surface area (Å²) >= 11 is 0. The van der Waals surface area contributed by atoms with Crippen molar-refractivity contribution in [3.63, 3.8) is 0 Å². The first kappa shape index (κ1) is 15.1. The molecule has 0 unspecified atom stereocenters. The summed E-state index contributed by atoms with van der Waals surface area (Å²) in [4.78, 5) is 10.4. The fourth-order valence-corrected chi connectivity index (χ4v) is 1.79. The van der Waals surface area contributed by atoms with Crippen LogP contribution in [-0.4, -0.2) is 44.3 Å². The van der Waals surface area contributed by atoms with E-state index in [1.165, 1.54) is 6.33 Å². The molecule has 6 nitrogen and oxygen atoms in total. The largest absolute Gasteiger partial charge is 0.383 e. The maximum atomic E-state index is 4.99. The molecular weight excluding hydrogens is 266 g/mol. The number of benzene rings is 1. The highest BCUT2D eigenvalue weighted by molar-refractivity contribution is 5.62. The van der Waals surface area contributed by atoms with Crippen molar-refractivity contribution in [3.05, 3.63) is 36.7 Å². The Morgan fingerprint density at radius 1 is 1.10 bits per heavy atom. The Bertz CT molecular complexity index is 556. The van der Waals surface area contributed by atoms with Gasteiger partial charge >= 0.3 is 0 Å². The minimum atomic E-state index is 0.638. The molecule has 0 bridgehead atoms. The molecule has 0 spiro atoms. The number of anilines is 4. The second-order valence-electron chi connectivity index (χ2n) is 4.77. The van der Waals surface area contributed by atoms with Crippen molar-refractivity contribution in [1.82, 2.24) is 9.97 Å². The molecular formula is C15H21N5O. The summed E-state index contributed by atoms with van der Waals surface area (Å²) in [7, 11) is 5.71. The molecule has 2 aromatic rings. The highest BCUT2D eigenvalue weighted by Gasteiger charge is 2.00. The van der Waals surface area contributed by atoms with Gasteiger partial charge in [0, 0.05) is 45.2 Å². The van der Waals surface area contributed by atoms with Crippen LogP contribution >= 0.6 is 0 Å². The summed E-state index contributed by atoms with van der Waals surface area (Å²) in [6.45, 7) is 1.35. The van der Waals surface area contributed by atoms with Gasteiger partial charge < -0.3 is 20.3 Å². The lowest BCUT2D eigenvalue weighted by atomic mass is 10.2. The van der Waals surface area contributed by atoms with E-state index in [-0.39, 0.29) is 0 Å². The number of hydrogen-bond donors (Lipinski definition) is 2. The van der Waals surface area contributed by atoms with Crippen LogP contribution in [0.3, 0.4) is 0 Å². The van der Waals surface area contributed by atoms with Crippen molar-refractivity contribution in [2.75, 3.05) is 49.9 Å². The van der Waals surface area contributed by atoms with E-state index in [4.69, 9.17) is 4.74 Å². The summed E-state index contributed by atoms with van der Waals surface area (Å²) in [6.07, 6.45) is 1.53. The van der Waals surface area contributed by atoms with Crippen LogP contribution in [0.2, 0.25) is 0 Å². The summed E-state index contributed by atoms with van der Waals surface area (Å²) in [6, 6.07) is 10.0. The first-order valence-electron chi connectivity index (χ1n) is 6.78. The Morgan fingerprint density at radius 2 is 1.81 bits per heavy atom. The zero-order chi connectivity index (χ0) is 15.1. The highest BCUT2D eigenvalue weighted by Crippen LogP contribution is 2.19. The van der Waals surface area contributed by atoms with E-state index in [1.54, 1.807) is 7.11 Å². The molecule has 0 radical (unpaired) electrons. The van der Waals surface area contributed by atoms with Gasteiger partial charge in [0.05, 0.1) is 6.61 Å². The molecule has 0 fully saturated rings. The quantitative estimate of drug-likeness (QED) is 0.762. The first-order chi connectivity index (χ1) is 10.2. The Labute approximate surface area is 125 Å². The molecule has 0 aliphatic carbocycles. The number of ether oxygens (including phenoxy) is 1. The second kappa shape index (κ2) is 7.44. The molecule has 6 heteroatoms. The third-order valence-corrected chi connectivity index (χ3v) is 2.94. The van der Waals surface area contributed by atoms with Crippen molar-refractivity contribution < 1.29 is 4.74 Å². The van der Waals surface area contributed by atoms with Gasteiger partial charge in [-0.3, -0.25) is 0 Å². The Morgan fingerprint density at radius 3 is 2.48 bits per heavy atom. The van der Waals surface area contributed by atoms with Gasteiger partial charge in [-0.15, -0.1) is 0 Å². The molecule has 1 heterocycles. The van der Waals surface area contributed by atoms with Gasteiger partial charge in [0.15, 0.2) is 0 Å². The van der Waals surface area contributed by atoms with E-state index in [0.717, 1.165) is 23.0 Å². The summed E-state index contributed by atoms with van der Waals surface area (Å²) in [5.41, 5.74) is 2.15. The molecule has 0 saturated heterocycles. The minimum absolute atomic E-state index is 0.638. The van der Waals surface area contributed by atoms with Gasteiger partial charge in [-0.25, -0.2) is 9.97 Å². The van der Waals surface area contributed by atoms with Gasteiger partial charge in [-0.2, -0.15) is 0 Å². The second-order valence-corrected chi connectivity index (χ2v) is 4.77. The summed E-state index contributed by atoms with van der Waals surface area (Å²) in [5.74, 6) is 1.52. The van der Waals surface area contributed by atoms with Crippen molar-refractivity contribution in [3.8, 4) is 0 Å². The van der Waals surface area contributed by atoms with Crippen LogP contribution < -0.4 is 15.5 Å². The maximum absolute atomic E-state index is 4.99. The maximum Gasteiger partial charge on any atom is 0.135 e. The molecule has 0 aliphatic heterocycles. The van der Waals surface area contributed by atoms with E-state index in [1.807, 2.05) is 32.3 Å². The van der Waals surface area contributed by atoms with Crippen molar-refractivity contribution in [2.45, 2.75) is 0 Å². The molecule has 2 rings (SSSR count). The zero-order valence-electron chi connectivity index (χ0n) is 12.6. The lowest BCUT2D eigenvalue weighted by Crippen LogP contribution is -2.09. The molecule has 2 N–H and O–H groups in total. The van der Waals surface area contributed by atoms with Crippen LogP contribution in [0.15, 0.2) is 36.7 Å². The lowest BCUT2D eigenvalue weighted by Gasteiger charge is -2.13. The Balaban J connectivity index is 2.00. The number of methoxy groups -OCH3 is 1. The minimum Gasteiger partial charge on any atom is -0.383 e. The number of aromatic nitrogens is 2. The molecule has 0 saturated carbocycles. The third-order valence-electron chi connectivity index (χ3n) is 2.94. The van der Waals surface area contributed by atoms with Crippen LogP contribution in [0.4, 0.5) is 23.0 Å². The number of rotatable bonds is 7. The van der Waals surface area contributed by atoms with Crippen LogP contribution in [0, 0.1) is 0 Å². The van der Waals surface area contributed by atoms with Crippen molar-refractivity contribution >= 4 is 23.0 Å². The molecule has 1 aromatic carbocycles. The number of nitrogens with one attached hydrogen (secondary N) is 2. The summed E-state index contributed by atoms with van der Waals surface area (Å²) < 4.78 is 4.99. The topological polar surface area (TPSA) is 62.3 Å². The predicted molar refractivity (Wildman–Crippen MR) is 86.4 cm³/mol. The van der Waals surface area contributed by atoms with E-state index < -0.39 is 0 Å². The van der Waals surface area contributed by atoms with Gasteiger partial charge in [-0.05, 0) is 24.3 Å². The average molecular weight is 287 g/mol. The molecule has 0 aliphatic rings. The molecule has 112 valence electrons. The molecule has 0 amide bonds. The monoisotopic (exact) mass is 287 g/mol. The smallest absolute Gasteiger partial charge is 0.135 e. The van der Waals surface area contributed by atoms with Crippen LogP contribution in [0.5, 0.6) is 0 Å². The normalized spacial score (nSPS) is 10.2. The fourth-order valence-electron chi connectivity index (χ4n) is 1.79. The lowest BCUT2D eigenvalue weighted by molar-refractivity contribution is 0.210. The predicted octanol–water partition coefficient (Wildman–Crippen LogP) is 2.34. The summed E-state index contributed by atoms with van der Waals surface area (Å²) in [5, 5.41) is 6.43. The van der Waals surface area contributed by atoms with E-state index in [2.05, 4.69) is 37.6 Å². The van der Waals surface area contributed by atoms with Gasteiger partial charge in [-0.1, -0.05) is 0 Å². The Kier molecular flexibility index (Phi) is 5.34. The fraction of sp³-hybridized carbons (Fsp3) is 0.333. The van der Waals surface area contributed by atoms with Gasteiger partial charge in [0.25, 0.3) is 0 Å². The van der Waals surface area contributed by atoms with Gasteiger partial charge in [0.1, 0.15) is 18.0 Å². The third kappa shape index (κ3) is 4.61.